The number of nitrogens with one attached hydrogen (secondary N) is 1. The Labute approximate surface area is 113 Å². The second kappa shape index (κ2) is 7.23. The number of amides is 1. The number of hydrogen-bond acceptors (Lipinski definition) is 4. The molecular formula is C14H22N2O3. The van der Waals surface area contributed by atoms with Crippen LogP contribution in [0.4, 0.5) is 0 Å². The lowest BCUT2D eigenvalue weighted by atomic mass is 9.92. The zero-order chi connectivity index (χ0) is 14.3. The highest BCUT2D eigenvalue weighted by molar-refractivity contribution is 5.82. The third kappa shape index (κ3) is 4.31. The predicted octanol–water partition coefficient (Wildman–Crippen LogP) is 0.374. The monoisotopic (exact) mass is 266 g/mol. The molecule has 2 atom stereocenters. The van der Waals surface area contributed by atoms with E-state index in [1.807, 2.05) is 30.3 Å². The van der Waals surface area contributed by atoms with Gasteiger partial charge in [-0.1, -0.05) is 30.3 Å². The van der Waals surface area contributed by atoms with Gasteiger partial charge in [-0.15, -0.1) is 0 Å². The molecule has 0 heterocycles. The molecule has 2 unspecified atom stereocenters. The van der Waals surface area contributed by atoms with Gasteiger partial charge >= 0.3 is 0 Å². The zero-order valence-corrected chi connectivity index (χ0v) is 11.4. The minimum absolute atomic E-state index is 0.195. The van der Waals surface area contributed by atoms with Gasteiger partial charge in [-0.3, -0.25) is 4.79 Å². The zero-order valence-electron chi connectivity index (χ0n) is 11.4. The summed E-state index contributed by atoms with van der Waals surface area (Å²) in [7, 11) is 1.56. The van der Waals surface area contributed by atoms with Crippen molar-refractivity contribution in [3.8, 4) is 0 Å². The molecule has 5 nitrogen and oxygen atoms in total. The maximum atomic E-state index is 12.0. The van der Waals surface area contributed by atoms with Crippen molar-refractivity contribution in [2.45, 2.75) is 24.9 Å². The largest absolute Gasteiger partial charge is 0.394 e. The number of aliphatic hydroxyl groups excluding tert-OH is 1. The number of rotatable bonds is 7. The van der Waals surface area contributed by atoms with Crippen LogP contribution < -0.4 is 11.1 Å². The van der Waals surface area contributed by atoms with Crippen molar-refractivity contribution in [3.63, 3.8) is 0 Å². The van der Waals surface area contributed by atoms with Gasteiger partial charge in [0.15, 0.2) is 0 Å². The van der Waals surface area contributed by atoms with Crippen LogP contribution in [0.15, 0.2) is 30.3 Å². The number of methoxy groups -OCH3 is 1. The fraction of sp³-hybridized carbons (Fsp3) is 0.500. The third-order valence-corrected chi connectivity index (χ3v) is 3.10. The van der Waals surface area contributed by atoms with Gasteiger partial charge in [0.05, 0.1) is 18.2 Å². The molecule has 19 heavy (non-hydrogen) atoms. The van der Waals surface area contributed by atoms with Crippen LogP contribution in [0.1, 0.15) is 18.9 Å². The highest BCUT2D eigenvalue weighted by atomic mass is 16.5. The smallest absolute Gasteiger partial charge is 0.237 e. The lowest BCUT2D eigenvalue weighted by Gasteiger charge is -2.30. The Hall–Kier alpha value is -1.43. The Bertz CT molecular complexity index is 397. The van der Waals surface area contributed by atoms with Crippen LogP contribution in [-0.2, 0) is 15.1 Å². The average molecular weight is 266 g/mol. The standard InChI is InChI=1S/C14H22N2O3/c1-14(10-17,11-6-4-3-5-7-11)16-13(18)12(15)8-9-19-2/h3-7,12,17H,8-10,15H2,1-2H3,(H,16,18). The quantitative estimate of drug-likeness (QED) is 0.666. The van der Waals surface area contributed by atoms with Crippen LogP contribution in [0, 0.1) is 0 Å². The Kier molecular flexibility index (Phi) is 5.95. The van der Waals surface area contributed by atoms with Crippen molar-refractivity contribution in [2.24, 2.45) is 5.73 Å². The van der Waals surface area contributed by atoms with E-state index in [-0.39, 0.29) is 12.5 Å². The molecule has 0 radical (unpaired) electrons. The first kappa shape index (κ1) is 15.6. The van der Waals surface area contributed by atoms with E-state index in [9.17, 15) is 9.90 Å². The minimum atomic E-state index is -0.830. The van der Waals surface area contributed by atoms with Crippen molar-refractivity contribution in [1.29, 1.82) is 0 Å². The lowest BCUT2D eigenvalue weighted by molar-refractivity contribution is -0.125. The van der Waals surface area contributed by atoms with Crippen LogP contribution in [0.2, 0.25) is 0 Å². The molecule has 0 aliphatic rings. The summed E-state index contributed by atoms with van der Waals surface area (Å²) >= 11 is 0. The Morgan fingerprint density at radius 1 is 1.47 bits per heavy atom. The second-order valence-electron chi connectivity index (χ2n) is 4.73. The first-order valence-corrected chi connectivity index (χ1v) is 6.26. The maximum Gasteiger partial charge on any atom is 0.237 e. The van der Waals surface area contributed by atoms with Gasteiger partial charge in [0.1, 0.15) is 0 Å². The van der Waals surface area contributed by atoms with Crippen molar-refractivity contribution in [3.05, 3.63) is 35.9 Å². The summed E-state index contributed by atoms with van der Waals surface area (Å²) in [5, 5.41) is 12.4. The molecule has 106 valence electrons. The highest BCUT2D eigenvalue weighted by Gasteiger charge is 2.29. The van der Waals surface area contributed by atoms with E-state index in [4.69, 9.17) is 10.5 Å². The topological polar surface area (TPSA) is 84.6 Å². The summed E-state index contributed by atoms with van der Waals surface area (Å²) in [6, 6.07) is 8.68. The predicted molar refractivity (Wildman–Crippen MR) is 73.5 cm³/mol. The van der Waals surface area contributed by atoms with E-state index < -0.39 is 11.6 Å². The Morgan fingerprint density at radius 3 is 2.63 bits per heavy atom. The number of carbonyl (C=O) groups excluding carboxylic acids is 1. The normalized spacial score (nSPS) is 15.6. The van der Waals surface area contributed by atoms with E-state index in [1.165, 1.54) is 0 Å². The molecule has 0 saturated heterocycles. The molecule has 1 aromatic carbocycles. The van der Waals surface area contributed by atoms with Crippen molar-refractivity contribution in [1.82, 2.24) is 5.32 Å². The summed E-state index contributed by atoms with van der Waals surface area (Å²) in [5.41, 5.74) is 5.78. The van der Waals surface area contributed by atoms with Gasteiger partial charge in [-0.05, 0) is 18.9 Å². The third-order valence-electron chi connectivity index (χ3n) is 3.10. The van der Waals surface area contributed by atoms with Crippen molar-refractivity contribution >= 4 is 5.91 Å². The van der Waals surface area contributed by atoms with Gasteiger partial charge in [0.2, 0.25) is 5.91 Å². The molecule has 4 N–H and O–H groups in total. The van der Waals surface area contributed by atoms with E-state index in [1.54, 1.807) is 14.0 Å². The summed E-state index contributed by atoms with van der Waals surface area (Å²) in [4.78, 5) is 12.0. The molecule has 1 rings (SSSR count). The molecule has 0 fully saturated rings. The molecule has 1 aromatic rings. The van der Waals surface area contributed by atoms with E-state index in [0.717, 1.165) is 5.56 Å². The fourth-order valence-corrected chi connectivity index (χ4v) is 1.75. The van der Waals surface area contributed by atoms with Crippen LogP contribution in [0.5, 0.6) is 0 Å². The second-order valence-corrected chi connectivity index (χ2v) is 4.73. The van der Waals surface area contributed by atoms with Gasteiger partial charge in [0, 0.05) is 13.7 Å². The number of hydrogen-bond donors (Lipinski definition) is 3. The Balaban J connectivity index is 2.73. The first-order valence-electron chi connectivity index (χ1n) is 6.26. The van der Waals surface area contributed by atoms with E-state index in [0.29, 0.717) is 13.0 Å². The van der Waals surface area contributed by atoms with Gasteiger partial charge in [-0.2, -0.15) is 0 Å². The number of carbonyl (C=O) groups is 1. The molecule has 1 amide bonds. The number of ether oxygens (including phenoxy) is 1. The first-order chi connectivity index (χ1) is 9.03. The van der Waals surface area contributed by atoms with Crippen LogP contribution in [0.25, 0.3) is 0 Å². The molecule has 0 saturated carbocycles. The minimum Gasteiger partial charge on any atom is -0.394 e. The molecule has 0 spiro atoms. The number of nitrogens with two attached hydrogens (primary N) is 1. The molecule has 5 heteroatoms. The van der Waals surface area contributed by atoms with Crippen LogP contribution in [0.3, 0.4) is 0 Å². The van der Waals surface area contributed by atoms with Gasteiger partial charge in [-0.25, -0.2) is 0 Å². The summed E-state index contributed by atoms with van der Waals surface area (Å²) < 4.78 is 4.89. The fourth-order valence-electron chi connectivity index (χ4n) is 1.75. The average Bonchev–Trinajstić information content (AvgIpc) is 2.45. The van der Waals surface area contributed by atoms with E-state index in [2.05, 4.69) is 5.32 Å². The highest BCUT2D eigenvalue weighted by Crippen LogP contribution is 2.19. The van der Waals surface area contributed by atoms with Gasteiger partial charge < -0.3 is 20.9 Å². The maximum absolute atomic E-state index is 12.0. The summed E-state index contributed by atoms with van der Waals surface area (Å²) in [5.74, 6) is -0.294. The van der Waals surface area contributed by atoms with Crippen molar-refractivity contribution in [2.75, 3.05) is 20.3 Å². The van der Waals surface area contributed by atoms with Crippen LogP contribution >= 0.6 is 0 Å². The molecule has 0 bridgehead atoms. The summed E-state index contributed by atoms with van der Waals surface area (Å²) in [6.07, 6.45) is 0.443. The SMILES string of the molecule is COCCC(N)C(=O)NC(C)(CO)c1ccccc1. The van der Waals surface area contributed by atoms with Crippen molar-refractivity contribution < 1.29 is 14.6 Å². The number of benzene rings is 1. The van der Waals surface area contributed by atoms with E-state index >= 15 is 0 Å². The molecule has 0 aliphatic carbocycles. The van der Waals surface area contributed by atoms with Gasteiger partial charge in [0.25, 0.3) is 0 Å². The summed E-state index contributed by atoms with van der Waals surface area (Å²) in [6.45, 7) is 2.00. The number of aliphatic hydroxyl groups is 1. The molecular weight excluding hydrogens is 244 g/mol. The molecule has 0 aliphatic heterocycles. The molecule has 0 aromatic heterocycles. The Morgan fingerprint density at radius 2 is 2.11 bits per heavy atom. The lowest BCUT2D eigenvalue weighted by Crippen LogP contribution is -2.52. The van der Waals surface area contributed by atoms with Crippen LogP contribution in [-0.4, -0.2) is 37.4 Å².